The van der Waals surface area contributed by atoms with Gasteiger partial charge in [-0.15, -0.1) is 0 Å². The van der Waals surface area contributed by atoms with E-state index in [2.05, 4.69) is 25.0 Å². The summed E-state index contributed by atoms with van der Waals surface area (Å²) >= 11 is 0. The Morgan fingerprint density at radius 2 is 1.96 bits per heavy atom. The summed E-state index contributed by atoms with van der Waals surface area (Å²) in [6, 6.07) is 11.1. The molecule has 0 saturated carbocycles. The van der Waals surface area contributed by atoms with E-state index in [1.54, 1.807) is 18.2 Å². The predicted octanol–water partition coefficient (Wildman–Crippen LogP) is 2.46. The van der Waals surface area contributed by atoms with E-state index in [4.69, 9.17) is 0 Å². The molecule has 0 amide bonds. The van der Waals surface area contributed by atoms with Gasteiger partial charge in [0.15, 0.2) is 0 Å². The number of aromatic carboxylic acids is 1. The van der Waals surface area contributed by atoms with Crippen molar-refractivity contribution in [2.75, 3.05) is 12.4 Å². The summed E-state index contributed by atoms with van der Waals surface area (Å²) in [5.41, 5.74) is 1.85. The maximum atomic E-state index is 12.0. The number of carboxylic acid groups (broad SMARTS) is 1. The van der Waals surface area contributed by atoms with Crippen LogP contribution < -0.4 is 10.0 Å². The lowest BCUT2D eigenvalue weighted by Gasteiger charge is -2.09. The van der Waals surface area contributed by atoms with Crippen LogP contribution in [0.2, 0.25) is 0 Å². The quantitative estimate of drug-likeness (QED) is 0.406. The van der Waals surface area contributed by atoms with Crippen molar-refractivity contribution >= 4 is 49.4 Å². The van der Waals surface area contributed by atoms with E-state index in [0.29, 0.717) is 28.1 Å². The molecule has 4 aromatic rings. The zero-order valence-electron chi connectivity index (χ0n) is 14.6. The fourth-order valence-corrected chi connectivity index (χ4v) is 3.73. The normalized spacial score (nSPS) is 11.8. The van der Waals surface area contributed by atoms with Crippen LogP contribution in [-0.4, -0.2) is 41.5 Å². The van der Waals surface area contributed by atoms with Gasteiger partial charge >= 0.3 is 5.97 Å². The number of nitrogens with zero attached hydrogens (tertiary/aromatic N) is 2. The van der Waals surface area contributed by atoms with E-state index in [-0.39, 0.29) is 10.5 Å². The van der Waals surface area contributed by atoms with Crippen LogP contribution in [0.15, 0.2) is 53.7 Å². The van der Waals surface area contributed by atoms with Gasteiger partial charge in [0.05, 0.1) is 15.8 Å². The summed E-state index contributed by atoms with van der Waals surface area (Å²) in [7, 11) is -2.23. The van der Waals surface area contributed by atoms with Gasteiger partial charge in [0, 0.05) is 16.6 Å². The van der Waals surface area contributed by atoms with Gasteiger partial charge in [0.2, 0.25) is 10.0 Å². The molecule has 0 atom stereocenters. The van der Waals surface area contributed by atoms with E-state index in [1.165, 1.54) is 37.6 Å². The molecule has 2 aromatic carbocycles. The zero-order chi connectivity index (χ0) is 19.9. The molecule has 0 aliphatic heterocycles. The number of carboxylic acids is 1. The highest BCUT2D eigenvalue weighted by Gasteiger charge is 2.15. The number of benzene rings is 2. The first-order valence-corrected chi connectivity index (χ1v) is 9.68. The number of aromatic amines is 1. The van der Waals surface area contributed by atoms with E-state index >= 15 is 0 Å². The molecule has 0 unspecified atom stereocenters. The Kier molecular flexibility index (Phi) is 4.21. The van der Waals surface area contributed by atoms with Gasteiger partial charge in [-0.1, -0.05) is 12.1 Å². The standard InChI is InChI=1S/C18H15N5O4S/c1-19-28(26,27)12-4-2-3-11(8-12)22-16-15-13-6-5-10(18(24)25)7-14(13)23-17(15)21-9-20-16/h2-9,19H,1H3,(H,24,25)(H2,20,21,22,23). The molecule has 0 bridgehead atoms. The van der Waals surface area contributed by atoms with Crippen LogP contribution in [0.5, 0.6) is 0 Å². The number of anilines is 2. The summed E-state index contributed by atoms with van der Waals surface area (Å²) in [5, 5.41) is 13.7. The molecule has 0 fully saturated rings. The van der Waals surface area contributed by atoms with Gasteiger partial charge in [-0.05, 0) is 37.4 Å². The monoisotopic (exact) mass is 397 g/mol. The lowest BCUT2D eigenvalue weighted by atomic mass is 10.1. The topological polar surface area (TPSA) is 137 Å². The molecular formula is C18H15N5O4S. The fourth-order valence-electron chi connectivity index (χ4n) is 2.95. The zero-order valence-corrected chi connectivity index (χ0v) is 15.4. The van der Waals surface area contributed by atoms with Gasteiger partial charge in [-0.2, -0.15) is 0 Å². The molecular weight excluding hydrogens is 382 g/mol. The maximum Gasteiger partial charge on any atom is 0.335 e. The number of H-pyrrole nitrogens is 1. The molecule has 0 aliphatic rings. The first-order chi connectivity index (χ1) is 13.4. The van der Waals surface area contributed by atoms with Crippen molar-refractivity contribution in [3.63, 3.8) is 0 Å². The Morgan fingerprint density at radius 3 is 2.71 bits per heavy atom. The SMILES string of the molecule is CNS(=O)(=O)c1cccc(Nc2ncnc3[nH]c4cc(C(=O)O)ccc4c23)c1. The summed E-state index contributed by atoms with van der Waals surface area (Å²) < 4.78 is 26.3. The van der Waals surface area contributed by atoms with Gasteiger partial charge in [-0.3, -0.25) is 0 Å². The molecule has 9 nitrogen and oxygen atoms in total. The van der Waals surface area contributed by atoms with Gasteiger partial charge in [0.1, 0.15) is 17.8 Å². The fraction of sp³-hybridized carbons (Fsp3) is 0.0556. The molecule has 0 saturated heterocycles. The molecule has 2 heterocycles. The number of fused-ring (bicyclic) bond motifs is 3. The number of carbonyl (C=O) groups is 1. The van der Waals surface area contributed by atoms with Crippen molar-refractivity contribution in [3.8, 4) is 0 Å². The first-order valence-electron chi connectivity index (χ1n) is 8.19. The molecule has 2 aromatic heterocycles. The minimum atomic E-state index is -3.58. The second-order valence-corrected chi connectivity index (χ2v) is 7.88. The third-order valence-electron chi connectivity index (χ3n) is 4.31. The Bertz CT molecular complexity index is 1330. The molecule has 0 spiro atoms. The van der Waals surface area contributed by atoms with Crippen LogP contribution in [-0.2, 0) is 10.0 Å². The van der Waals surface area contributed by atoms with Crippen molar-refractivity contribution < 1.29 is 18.3 Å². The molecule has 4 rings (SSSR count). The molecule has 0 radical (unpaired) electrons. The highest BCUT2D eigenvalue weighted by atomic mass is 32.2. The van der Waals surface area contributed by atoms with Crippen LogP contribution in [0, 0.1) is 0 Å². The van der Waals surface area contributed by atoms with E-state index in [1.807, 2.05) is 0 Å². The van der Waals surface area contributed by atoms with Gasteiger partial charge in [0.25, 0.3) is 0 Å². The predicted molar refractivity (Wildman–Crippen MR) is 104 cm³/mol. The number of hydrogen-bond acceptors (Lipinski definition) is 6. The van der Waals surface area contributed by atoms with Crippen molar-refractivity contribution in [1.29, 1.82) is 0 Å². The van der Waals surface area contributed by atoms with E-state index in [0.717, 1.165) is 5.39 Å². The lowest BCUT2D eigenvalue weighted by Crippen LogP contribution is -2.18. The maximum absolute atomic E-state index is 12.0. The molecule has 10 heteroatoms. The third-order valence-corrected chi connectivity index (χ3v) is 5.72. The Morgan fingerprint density at radius 1 is 1.14 bits per heavy atom. The summed E-state index contributed by atoms with van der Waals surface area (Å²) in [6.07, 6.45) is 1.37. The number of aromatic nitrogens is 3. The minimum Gasteiger partial charge on any atom is -0.478 e. The van der Waals surface area contributed by atoms with E-state index in [9.17, 15) is 18.3 Å². The Labute approximate surface area is 159 Å². The van der Waals surface area contributed by atoms with Gasteiger partial charge < -0.3 is 15.4 Å². The largest absolute Gasteiger partial charge is 0.478 e. The number of rotatable bonds is 5. The van der Waals surface area contributed by atoms with Crippen LogP contribution in [0.25, 0.3) is 21.9 Å². The number of hydrogen-bond donors (Lipinski definition) is 4. The third kappa shape index (κ3) is 3.04. The molecule has 142 valence electrons. The Balaban J connectivity index is 1.83. The highest BCUT2D eigenvalue weighted by Crippen LogP contribution is 2.31. The minimum absolute atomic E-state index is 0.121. The number of nitrogens with one attached hydrogen (secondary N) is 3. The first kappa shape index (κ1) is 17.9. The van der Waals surface area contributed by atoms with E-state index < -0.39 is 16.0 Å². The average Bonchev–Trinajstić information content (AvgIpc) is 3.07. The van der Waals surface area contributed by atoms with Crippen molar-refractivity contribution in [2.24, 2.45) is 0 Å². The van der Waals surface area contributed by atoms with Crippen LogP contribution >= 0.6 is 0 Å². The Hall–Kier alpha value is -3.50. The summed E-state index contributed by atoms with van der Waals surface area (Å²) in [6.45, 7) is 0. The average molecular weight is 397 g/mol. The van der Waals surface area contributed by atoms with Crippen molar-refractivity contribution in [1.82, 2.24) is 19.7 Å². The van der Waals surface area contributed by atoms with Gasteiger partial charge in [-0.25, -0.2) is 27.9 Å². The summed E-state index contributed by atoms with van der Waals surface area (Å²) in [5.74, 6) is -0.550. The van der Waals surface area contributed by atoms with Crippen molar-refractivity contribution in [2.45, 2.75) is 4.90 Å². The molecule has 4 N–H and O–H groups in total. The highest BCUT2D eigenvalue weighted by molar-refractivity contribution is 7.89. The van der Waals surface area contributed by atoms with Crippen LogP contribution in [0.4, 0.5) is 11.5 Å². The number of sulfonamides is 1. The molecule has 0 aliphatic carbocycles. The second-order valence-electron chi connectivity index (χ2n) is 6.00. The second kappa shape index (κ2) is 6.59. The lowest BCUT2D eigenvalue weighted by molar-refractivity contribution is 0.0697. The smallest absolute Gasteiger partial charge is 0.335 e. The molecule has 28 heavy (non-hydrogen) atoms. The van der Waals surface area contributed by atoms with Crippen LogP contribution in [0.3, 0.4) is 0 Å². The van der Waals surface area contributed by atoms with Crippen molar-refractivity contribution in [3.05, 3.63) is 54.4 Å². The summed E-state index contributed by atoms with van der Waals surface area (Å²) in [4.78, 5) is 22.9. The van der Waals surface area contributed by atoms with Crippen LogP contribution in [0.1, 0.15) is 10.4 Å².